The number of allylic oxidation sites excluding steroid dienone is 4. The third kappa shape index (κ3) is 7.07. The molecule has 2 aromatic heterocycles. The van der Waals surface area contributed by atoms with Gasteiger partial charge in [-0.1, -0.05) is 181 Å². The van der Waals surface area contributed by atoms with Gasteiger partial charge in [-0.15, -0.1) is 0 Å². The highest BCUT2D eigenvalue weighted by Crippen LogP contribution is 2.50. The van der Waals surface area contributed by atoms with Gasteiger partial charge < -0.3 is 0 Å². The van der Waals surface area contributed by atoms with Crippen LogP contribution in [0.15, 0.2) is 204 Å². The topological polar surface area (TPSA) is 30.7 Å². The fourth-order valence-corrected chi connectivity index (χ4v) is 10.6. The molecule has 0 radical (unpaired) electrons. The van der Waals surface area contributed by atoms with Gasteiger partial charge in [-0.2, -0.15) is 0 Å². The first-order valence-electron chi connectivity index (χ1n) is 21.8. The monoisotopic (exact) mass is 827 g/mol. The van der Waals surface area contributed by atoms with Crippen molar-refractivity contribution in [3.05, 3.63) is 216 Å². The molecule has 2 aliphatic rings. The molecule has 63 heavy (non-hydrogen) atoms. The van der Waals surface area contributed by atoms with Crippen LogP contribution in [0.5, 0.6) is 0 Å². The van der Waals surface area contributed by atoms with Crippen LogP contribution in [-0.4, -0.2) is 14.5 Å². The van der Waals surface area contributed by atoms with Crippen molar-refractivity contribution in [2.24, 2.45) is 0 Å². The summed E-state index contributed by atoms with van der Waals surface area (Å²) in [7, 11) is 0. The number of aromatic nitrogens is 3. The number of benzene rings is 8. The summed E-state index contributed by atoms with van der Waals surface area (Å²) < 4.78 is 2.24. The Morgan fingerprint density at radius 3 is 2.05 bits per heavy atom. The summed E-state index contributed by atoms with van der Waals surface area (Å²) >= 11 is 1.82. The molecule has 0 spiro atoms. The van der Waals surface area contributed by atoms with Crippen molar-refractivity contribution in [1.29, 1.82) is 0 Å². The van der Waals surface area contributed by atoms with Crippen molar-refractivity contribution in [3.8, 4) is 50.6 Å². The maximum absolute atomic E-state index is 5.43. The van der Waals surface area contributed by atoms with E-state index in [4.69, 9.17) is 9.97 Å². The van der Waals surface area contributed by atoms with Crippen LogP contribution in [0, 0.1) is 20.8 Å². The van der Waals surface area contributed by atoms with Gasteiger partial charge in [0, 0.05) is 31.5 Å². The first-order chi connectivity index (χ1) is 31.0. The Morgan fingerprint density at radius 2 is 1.21 bits per heavy atom. The molecule has 0 bridgehead atoms. The summed E-state index contributed by atoms with van der Waals surface area (Å²) in [6.07, 6.45) is 9.15. The normalized spacial score (nSPS) is 12.8. The van der Waals surface area contributed by atoms with Crippen molar-refractivity contribution in [2.75, 3.05) is 0 Å². The molecule has 0 N–H and O–H groups in total. The Hall–Kier alpha value is -7.27. The van der Waals surface area contributed by atoms with Crippen molar-refractivity contribution in [3.63, 3.8) is 0 Å². The molecule has 12 rings (SSSR count). The molecule has 3 nitrogen and oxygen atoms in total. The van der Waals surface area contributed by atoms with Gasteiger partial charge in [0.15, 0.2) is 0 Å². The molecule has 0 saturated heterocycles. The largest absolute Gasteiger partial charge is 0.278 e. The van der Waals surface area contributed by atoms with Crippen LogP contribution in [0.3, 0.4) is 0 Å². The van der Waals surface area contributed by atoms with Crippen molar-refractivity contribution < 1.29 is 0 Å². The van der Waals surface area contributed by atoms with E-state index in [0.717, 1.165) is 33.2 Å². The van der Waals surface area contributed by atoms with E-state index in [0.29, 0.717) is 5.95 Å². The third-order valence-electron chi connectivity index (χ3n) is 12.5. The molecule has 10 aromatic rings. The predicted molar refractivity (Wildman–Crippen MR) is 267 cm³/mol. The molecule has 0 unspecified atom stereocenters. The molecule has 0 atom stereocenters. The number of fused-ring (bicyclic) bond motifs is 5. The molecule has 4 heteroatoms. The van der Waals surface area contributed by atoms with Gasteiger partial charge in [-0.3, -0.25) is 4.57 Å². The Balaban J connectivity index is 0.000000293. The second-order valence-corrected chi connectivity index (χ2v) is 17.7. The van der Waals surface area contributed by atoms with Gasteiger partial charge in [0.05, 0.1) is 22.2 Å². The molecule has 0 fully saturated rings. The van der Waals surface area contributed by atoms with Gasteiger partial charge in [-0.25, -0.2) is 9.97 Å². The highest BCUT2D eigenvalue weighted by Gasteiger charge is 2.26. The van der Waals surface area contributed by atoms with Crippen molar-refractivity contribution >= 4 is 50.0 Å². The van der Waals surface area contributed by atoms with E-state index in [1.165, 1.54) is 94.6 Å². The molecular weight excluding hydrogens is 783 g/mol. The van der Waals surface area contributed by atoms with Crippen LogP contribution < -0.4 is 0 Å². The van der Waals surface area contributed by atoms with Crippen LogP contribution in [0.1, 0.15) is 35.1 Å². The quantitative estimate of drug-likeness (QED) is 0.173. The van der Waals surface area contributed by atoms with E-state index in [1.54, 1.807) is 0 Å². The predicted octanol–water partition coefficient (Wildman–Crippen LogP) is 16.2. The smallest absolute Gasteiger partial charge is 0.235 e. The van der Waals surface area contributed by atoms with Gasteiger partial charge >= 0.3 is 0 Å². The molecule has 0 saturated carbocycles. The third-order valence-corrected chi connectivity index (χ3v) is 13.7. The van der Waals surface area contributed by atoms with Gasteiger partial charge in [0.2, 0.25) is 5.95 Å². The summed E-state index contributed by atoms with van der Waals surface area (Å²) in [6, 6.07) is 63.2. The van der Waals surface area contributed by atoms with Crippen molar-refractivity contribution in [1.82, 2.24) is 14.5 Å². The maximum atomic E-state index is 5.43. The highest BCUT2D eigenvalue weighted by atomic mass is 32.2. The summed E-state index contributed by atoms with van der Waals surface area (Å²) in [5, 5.41) is 3.49. The second kappa shape index (κ2) is 16.2. The number of hydrogen-bond acceptors (Lipinski definition) is 3. The van der Waals surface area contributed by atoms with Crippen LogP contribution in [-0.2, 0) is 0 Å². The van der Waals surface area contributed by atoms with Gasteiger partial charge in [-0.05, 0) is 120 Å². The molecule has 3 heterocycles. The fraction of sp³-hybridized carbons (Fsp3) is 0.0847. The molecule has 1 aliphatic carbocycles. The van der Waals surface area contributed by atoms with Gasteiger partial charge in [0.1, 0.15) is 0 Å². The minimum atomic E-state index is 0.685. The highest BCUT2D eigenvalue weighted by molar-refractivity contribution is 8.00. The van der Waals surface area contributed by atoms with Crippen LogP contribution in [0.25, 0.3) is 88.9 Å². The molecule has 1 aliphatic heterocycles. The minimum absolute atomic E-state index is 0.685. The van der Waals surface area contributed by atoms with Crippen molar-refractivity contribution in [2.45, 2.75) is 43.4 Å². The number of nitrogens with zero attached hydrogens (tertiary/aromatic N) is 3. The SMILES string of the molecule is Cc1cccc(C2=CCCC=C2)c1.Cc1ccccc1-c1ccc(-c2ccc3c(c2)c2ccccc2n3-c2nc3c4c(cccc4n2)Sc2c(-c4ccccc4)cccc2-3)cc1C. The molecular formula is C59H45N3S. The number of aryl methyl sites for hydroxylation is 3. The van der Waals surface area contributed by atoms with E-state index >= 15 is 0 Å². The molecule has 302 valence electrons. The standard InChI is InChI=1S/C46H31N3S.C13H14/c1-28-12-6-7-15-33(28)34-24-22-31(26-29(34)2)32-23-25-41-38(27-32)36-16-8-9-20-40(36)49(41)46-47-39-19-11-21-42-43(39)44(48-46)37-18-10-17-35(45(37)50-42)30-13-4-3-5-14-30;1-11-6-5-9-13(10-11)12-7-3-2-4-8-12/h3-27H,1-2H3;3,5-10H,2,4H2,1H3. The summed E-state index contributed by atoms with van der Waals surface area (Å²) in [5.74, 6) is 0.685. The first-order valence-corrected chi connectivity index (χ1v) is 22.6. The summed E-state index contributed by atoms with van der Waals surface area (Å²) in [5.41, 5.74) is 19.3. The number of hydrogen-bond donors (Lipinski definition) is 0. The number of rotatable bonds is 5. The van der Waals surface area contributed by atoms with E-state index < -0.39 is 0 Å². The van der Waals surface area contributed by atoms with E-state index in [2.05, 4.69) is 219 Å². The zero-order chi connectivity index (χ0) is 42.4. The maximum Gasteiger partial charge on any atom is 0.235 e. The lowest BCUT2D eigenvalue weighted by Crippen LogP contribution is -2.06. The lowest BCUT2D eigenvalue weighted by Gasteiger charge is -2.22. The van der Waals surface area contributed by atoms with Crippen LogP contribution in [0.4, 0.5) is 0 Å². The lowest BCUT2D eigenvalue weighted by molar-refractivity contribution is 1.01. The van der Waals surface area contributed by atoms with Crippen LogP contribution in [0.2, 0.25) is 0 Å². The zero-order valence-electron chi connectivity index (χ0n) is 35.6. The van der Waals surface area contributed by atoms with Crippen LogP contribution >= 0.6 is 11.8 Å². The minimum Gasteiger partial charge on any atom is -0.278 e. The van der Waals surface area contributed by atoms with Gasteiger partial charge in [0.25, 0.3) is 0 Å². The summed E-state index contributed by atoms with van der Waals surface area (Å²) in [6.45, 7) is 6.53. The molecule has 8 aromatic carbocycles. The zero-order valence-corrected chi connectivity index (χ0v) is 36.5. The van der Waals surface area contributed by atoms with E-state index in [9.17, 15) is 0 Å². The second-order valence-electron chi connectivity index (χ2n) is 16.6. The van der Waals surface area contributed by atoms with E-state index in [1.807, 2.05) is 11.8 Å². The lowest BCUT2D eigenvalue weighted by atomic mass is 9.93. The van der Waals surface area contributed by atoms with E-state index in [-0.39, 0.29) is 0 Å². The Morgan fingerprint density at radius 1 is 0.492 bits per heavy atom. The Bertz CT molecular complexity index is 3460. The first kappa shape index (κ1) is 38.6. The Kier molecular flexibility index (Phi) is 9.94. The average molecular weight is 828 g/mol. The fourth-order valence-electron chi connectivity index (χ4n) is 9.35. The average Bonchev–Trinajstić information content (AvgIpc) is 3.66. The molecule has 0 amide bonds. The summed E-state index contributed by atoms with van der Waals surface area (Å²) in [4.78, 5) is 13.1. The number of para-hydroxylation sites is 1. The Labute approximate surface area is 373 Å².